The van der Waals surface area contributed by atoms with Gasteiger partial charge in [0.05, 0.1) is 31.5 Å². The molecular weight excluding hydrogens is 392 g/mol. The summed E-state index contributed by atoms with van der Waals surface area (Å²) in [6.07, 6.45) is -0.320. The number of nitrogens with zero attached hydrogens (tertiary/aromatic N) is 3. The Hall–Kier alpha value is -3.25. The topological polar surface area (TPSA) is 90.3 Å². The van der Waals surface area contributed by atoms with Crippen LogP contribution in [0.25, 0.3) is 0 Å². The number of halogens is 2. The number of carbonyl (C=O) groups is 1. The number of pyridine rings is 1. The van der Waals surface area contributed by atoms with Gasteiger partial charge >= 0.3 is 6.03 Å². The van der Waals surface area contributed by atoms with Gasteiger partial charge in [0, 0.05) is 36.4 Å². The molecule has 2 heterocycles. The number of likely N-dealkylation sites (tertiary alicyclic amines) is 1. The van der Waals surface area contributed by atoms with Gasteiger partial charge in [0.25, 0.3) is 6.43 Å². The molecule has 1 aromatic carbocycles. The van der Waals surface area contributed by atoms with E-state index in [0.717, 1.165) is 0 Å². The highest BCUT2D eigenvalue weighted by molar-refractivity contribution is 5.89. The summed E-state index contributed by atoms with van der Waals surface area (Å²) in [7, 11) is 1.54. The summed E-state index contributed by atoms with van der Waals surface area (Å²) in [6.45, 7) is 0.515. The van der Waals surface area contributed by atoms with Crippen LogP contribution in [-0.2, 0) is 0 Å². The van der Waals surface area contributed by atoms with Crippen LogP contribution in [0.5, 0.6) is 5.75 Å². The number of piperidine rings is 1. The first-order valence-electron chi connectivity index (χ1n) is 9.56. The van der Waals surface area contributed by atoms with Crippen LogP contribution >= 0.6 is 0 Å². The Bertz CT molecular complexity index is 884. The summed E-state index contributed by atoms with van der Waals surface area (Å²) < 4.78 is 30.9. The van der Waals surface area contributed by atoms with Gasteiger partial charge in [-0.3, -0.25) is 9.88 Å². The van der Waals surface area contributed by atoms with Crippen LogP contribution in [0.4, 0.5) is 19.3 Å². The molecule has 2 amide bonds. The zero-order chi connectivity index (χ0) is 21.5. The third-order valence-electron chi connectivity index (χ3n) is 5.06. The lowest BCUT2D eigenvalue weighted by Crippen LogP contribution is -2.51. The SMILES string of the molecule is COc1ccc([C@@H]2CN(CC(F)F)CC[C@H]2NC(=O)Nc2ccc(C#N)cc2)nc1. The molecule has 1 aliphatic rings. The summed E-state index contributed by atoms with van der Waals surface area (Å²) in [5.74, 6) is 0.359. The molecule has 0 bridgehead atoms. The maximum atomic E-state index is 12.9. The Morgan fingerprint density at radius 3 is 2.70 bits per heavy atom. The molecule has 9 heteroatoms. The predicted octanol–water partition coefficient (Wildman–Crippen LogP) is 3.21. The second kappa shape index (κ2) is 9.98. The summed E-state index contributed by atoms with van der Waals surface area (Å²) in [5, 5.41) is 14.5. The maximum Gasteiger partial charge on any atom is 0.319 e. The Morgan fingerprint density at radius 2 is 2.10 bits per heavy atom. The van der Waals surface area contributed by atoms with Gasteiger partial charge in [0.15, 0.2) is 0 Å². The number of methoxy groups -OCH3 is 1. The van der Waals surface area contributed by atoms with Crippen molar-refractivity contribution in [2.24, 2.45) is 0 Å². The van der Waals surface area contributed by atoms with E-state index in [1.807, 2.05) is 6.07 Å². The average molecular weight is 415 g/mol. The molecule has 1 aliphatic heterocycles. The van der Waals surface area contributed by atoms with Crippen molar-refractivity contribution < 1.29 is 18.3 Å². The zero-order valence-corrected chi connectivity index (χ0v) is 16.5. The third-order valence-corrected chi connectivity index (χ3v) is 5.06. The van der Waals surface area contributed by atoms with Crippen molar-refractivity contribution in [3.05, 3.63) is 53.9 Å². The van der Waals surface area contributed by atoms with Gasteiger partial charge in [-0.05, 0) is 42.8 Å². The van der Waals surface area contributed by atoms with Crippen LogP contribution in [0.15, 0.2) is 42.6 Å². The molecule has 158 valence electrons. The van der Waals surface area contributed by atoms with E-state index in [1.54, 1.807) is 54.6 Å². The molecule has 2 aromatic rings. The van der Waals surface area contributed by atoms with E-state index in [-0.39, 0.29) is 18.5 Å². The molecule has 30 heavy (non-hydrogen) atoms. The molecule has 0 unspecified atom stereocenters. The summed E-state index contributed by atoms with van der Waals surface area (Å²) in [4.78, 5) is 18.6. The first-order chi connectivity index (χ1) is 14.5. The quantitative estimate of drug-likeness (QED) is 0.756. The predicted molar refractivity (Wildman–Crippen MR) is 108 cm³/mol. The largest absolute Gasteiger partial charge is 0.495 e. The molecule has 0 saturated carbocycles. The van der Waals surface area contributed by atoms with Crippen molar-refractivity contribution in [3.63, 3.8) is 0 Å². The van der Waals surface area contributed by atoms with E-state index in [9.17, 15) is 13.6 Å². The molecule has 1 fully saturated rings. The van der Waals surface area contributed by atoms with E-state index >= 15 is 0 Å². The lowest BCUT2D eigenvalue weighted by atomic mass is 9.89. The highest BCUT2D eigenvalue weighted by Gasteiger charge is 2.33. The van der Waals surface area contributed by atoms with Crippen LogP contribution in [0.3, 0.4) is 0 Å². The van der Waals surface area contributed by atoms with Crippen molar-refractivity contribution in [3.8, 4) is 11.8 Å². The van der Waals surface area contributed by atoms with Gasteiger partial charge < -0.3 is 15.4 Å². The summed E-state index contributed by atoms with van der Waals surface area (Å²) in [6, 6.07) is 11.4. The fraction of sp³-hybridized carbons (Fsp3) is 0.381. The van der Waals surface area contributed by atoms with Crippen molar-refractivity contribution in [1.29, 1.82) is 5.26 Å². The number of anilines is 1. The number of hydrogen-bond donors (Lipinski definition) is 2. The van der Waals surface area contributed by atoms with Gasteiger partial charge in [0.1, 0.15) is 5.75 Å². The fourth-order valence-electron chi connectivity index (χ4n) is 3.55. The molecule has 0 spiro atoms. The molecule has 7 nitrogen and oxygen atoms in total. The van der Waals surface area contributed by atoms with Crippen molar-refractivity contribution in [2.45, 2.75) is 24.8 Å². The molecule has 2 atom stereocenters. The van der Waals surface area contributed by atoms with Crippen LogP contribution in [0.2, 0.25) is 0 Å². The second-order valence-electron chi connectivity index (χ2n) is 7.06. The molecule has 3 rings (SSSR count). The van der Waals surface area contributed by atoms with Crippen LogP contribution in [0.1, 0.15) is 23.6 Å². The lowest BCUT2D eigenvalue weighted by Gasteiger charge is -2.38. The number of amides is 2. The first kappa shape index (κ1) is 21.5. The summed E-state index contributed by atoms with van der Waals surface area (Å²) in [5.41, 5.74) is 1.76. The highest BCUT2D eigenvalue weighted by Crippen LogP contribution is 2.28. The maximum absolute atomic E-state index is 12.9. The Morgan fingerprint density at radius 1 is 1.33 bits per heavy atom. The van der Waals surface area contributed by atoms with Crippen LogP contribution in [-0.4, -0.2) is 55.1 Å². The lowest BCUT2D eigenvalue weighted by molar-refractivity contribution is 0.0671. The third kappa shape index (κ3) is 5.64. The van der Waals surface area contributed by atoms with Crippen LogP contribution < -0.4 is 15.4 Å². The van der Waals surface area contributed by atoms with E-state index < -0.39 is 12.5 Å². The number of rotatable bonds is 6. The molecule has 1 aromatic heterocycles. The fourth-order valence-corrected chi connectivity index (χ4v) is 3.55. The number of carbonyl (C=O) groups excluding carboxylic acids is 1. The number of benzene rings is 1. The molecular formula is C21H23F2N5O2. The van der Waals surface area contributed by atoms with E-state index in [0.29, 0.717) is 42.2 Å². The van der Waals surface area contributed by atoms with Gasteiger partial charge in [-0.2, -0.15) is 5.26 Å². The number of aromatic nitrogens is 1. The van der Waals surface area contributed by atoms with Gasteiger partial charge in [-0.15, -0.1) is 0 Å². The number of nitrogens with one attached hydrogen (secondary N) is 2. The summed E-state index contributed by atoms with van der Waals surface area (Å²) >= 11 is 0. The van der Waals surface area contributed by atoms with E-state index in [4.69, 9.17) is 10.00 Å². The van der Waals surface area contributed by atoms with Crippen LogP contribution in [0, 0.1) is 11.3 Å². The number of nitriles is 1. The minimum atomic E-state index is -2.42. The normalized spacial score (nSPS) is 19.2. The minimum absolute atomic E-state index is 0.241. The average Bonchev–Trinajstić information content (AvgIpc) is 2.75. The zero-order valence-electron chi connectivity index (χ0n) is 16.5. The number of alkyl halides is 2. The molecule has 0 aliphatic carbocycles. The Balaban J connectivity index is 1.70. The van der Waals surface area contributed by atoms with Gasteiger partial charge in [0.2, 0.25) is 0 Å². The van der Waals surface area contributed by atoms with Crippen molar-refractivity contribution >= 4 is 11.7 Å². The first-order valence-corrected chi connectivity index (χ1v) is 9.56. The number of hydrogen-bond acceptors (Lipinski definition) is 5. The van der Waals surface area contributed by atoms with Gasteiger partial charge in [-0.1, -0.05) is 0 Å². The monoisotopic (exact) mass is 415 g/mol. The molecule has 1 saturated heterocycles. The Labute approximate surface area is 173 Å². The number of ether oxygens (including phenoxy) is 1. The van der Waals surface area contributed by atoms with Gasteiger partial charge in [-0.25, -0.2) is 13.6 Å². The minimum Gasteiger partial charge on any atom is -0.495 e. The molecule has 0 radical (unpaired) electrons. The van der Waals surface area contributed by atoms with Crippen molar-refractivity contribution in [1.82, 2.24) is 15.2 Å². The van der Waals surface area contributed by atoms with Crippen molar-refractivity contribution in [2.75, 3.05) is 32.1 Å². The standard InChI is InChI=1S/C21H23F2N5O2/c1-30-16-6-7-18(25-11-16)17-12-28(13-20(22)23)9-8-19(17)27-21(29)26-15-4-2-14(10-24)3-5-15/h2-7,11,17,19-20H,8-9,12-13H2,1H3,(H2,26,27,29)/t17-,19+/m0/s1. The number of urea groups is 1. The van der Waals surface area contributed by atoms with E-state index in [2.05, 4.69) is 15.6 Å². The Kier molecular flexibility index (Phi) is 7.14. The molecule has 2 N–H and O–H groups in total. The smallest absolute Gasteiger partial charge is 0.319 e. The second-order valence-corrected chi connectivity index (χ2v) is 7.06. The van der Waals surface area contributed by atoms with E-state index in [1.165, 1.54) is 0 Å². The highest BCUT2D eigenvalue weighted by atomic mass is 19.3.